The highest BCUT2D eigenvalue weighted by molar-refractivity contribution is 5.77. The predicted octanol–water partition coefficient (Wildman–Crippen LogP) is 0.766. The molecule has 0 aliphatic heterocycles. The first-order valence-electron chi connectivity index (χ1n) is 4.47. The Bertz CT molecular complexity index is 239. The number of aliphatic carboxylic acids is 1. The molecule has 1 saturated carbocycles. The van der Waals surface area contributed by atoms with Gasteiger partial charge in [0.15, 0.2) is 0 Å². The van der Waals surface area contributed by atoms with Gasteiger partial charge in [-0.2, -0.15) is 0 Å². The Morgan fingerprint density at radius 2 is 2.15 bits per heavy atom. The number of hydrogen-bond acceptors (Lipinski definition) is 2. The second-order valence-electron chi connectivity index (χ2n) is 3.88. The molecule has 0 unspecified atom stereocenters. The smallest absolute Gasteiger partial charge is 0.308 e. The molecular weight excluding hydrogens is 170 g/mol. The fourth-order valence-electron chi connectivity index (χ4n) is 2.11. The van der Waals surface area contributed by atoms with E-state index in [1.807, 2.05) is 0 Å². The highest BCUT2D eigenvalue weighted by Crippen LogP contribution is 2.35. The fourth-order valence-corrected chi connectivity index (χ4v) is 2.11. The van der Waals surface area contributed by atoms with Crippen LogP contribution >= 0.6 is 0 Å². The summed E-state index contributed by atoms with van der Waals surface area (Å²) in [5.41, 5.74) is -0.544. The lowest BCUT2D eigenvalue weighted by molar-refractivity contribution is -0.144. The summed E-state index contributed by atoms with van der Waals surface area (Å²) in [5, 5.41) is 11.6. The molecule has 13 heavy (non-hydrogen) atoms. The largest absolute Gasteiger partial charge is 0.481 e. The van der Waals surface area contributed by atoms with Crippen LogP contribution in [0.25, 0.3) is 0 Å². The number of carboxylic acid groups (broad SMARTS) is 1. The Morgan fingerprint density at radius 3 is 2.62 bits per heavy atom. The SMILES string of the molecule is CC(=O)N[C@@]1(C)CCC[C@H]1C(=O)O. The average Bonchev–Trinajstić information content (AvgIpc) is 2.28. The van der Waals surface area contributed by atoms with Gasteiger partial charge in [0.1, 0.15) is 0 Å². The van der Waals surface area contributed by atoms with Gasteiger partial charge in [-0.1, -0.05) is 6.42 Å². The molecule has 1 rings (SSSR count). The van der Waals surface area contributed by atoms with Crippen molar-refractivity contribution in [3.8, 4) is 0 Å². The standard InChI is InChI=1S/C9H15NO3/c1-6(11)10-9(2)5-3-4-7(9)8(12)13/h7H,3-5H2,1-2H3,(H,10,11)(H,12,13)/t7-,9-/m0/s1. The second-order valence-corrected chi connectivity index (χ2v) is 3.88. The molecule has 0 heterocycles. The molecule has 0 radical (unpaired) electrons. The van der Waals surface area contributed by atoms with E-state index >= 15 is 0 Å². The summed E-state index contributed by atoms with van der Waals surface area (Å²) in [6, 6.07) is 0. The normalized spacial score (nSPS) is 32.9. The first-order valence-corrected chi connectivity index (χ1v) is 4.47. The minimum absolute atomic E-state index is 0.157. The van der Waals surface area contributed by atoms with Crippen molar-refractivity contribution in [1.82, 2.24) is 5.32 Å². The van der Waals surface area contributed by atoms with Gasteiger partial charge in [-0.15, -0.1) is 0 Å². The molecule has 74 valence electrons. The van der Waals surface area contributed by atoms with Gasteiger partial charge in [0.25, 0.3) is 0 Å². The van der Waals surface area contributed by atoms with Gasteiger partial charge in [-0.05, 0) is 19.8 Å². The first-order chi connectivity index (χ1) is 5.96. The molecule has 1 fully saturated rings. The highest BCUT2D eigenvalue weighted by Gasteiger charge is 2.43. The predicted molar refractivity (Wildman–Crippen MR) is 47.2 cm³/mol. The molecular formula is C9H15NO3. The van der Waals surface area contributed by atoms with Crippen molar-refractivity contribution in [2.24, 2.45) is 5.92 Å². The van der Waals surface area contributed by atoms with Gasteiger partial charge >= 0.3 is 5.97 Å². The molecule has 0 spiro atoms. The third-order valence-corrected chi connectivity index (χ3v) is 2.72. The lowest BCUT2D eigenvalue weighted by Gasteiger charge is -2.29. The van der Waals surface area contributed by atoms with E-state index in [9.17, 15) is 9.59 Å². The summed E-state index contributed by atoms with van der Waals surface area (Å²) >= 11 is 0. The van der Waals surface area contributed by atoms with E-state index in [1.165, 1.54) is 6.92 Å². The Labute approximate surface area is 77.3 Å². The van der Waals surface area contributed by atoms with E-state index in [4.69, 9.17) is 5.11 Å². The molecule has 0 saturated heterocycles. The minimum atomic E-state index is -0.811. The minimum Gasteiger partial charge on any atom is -0.481 e. The van der Waals surface area contributed by atoms with Crippen molar-refractivity contribution in [1.29, 1.82) is 0 Å². The van der Waals surface area contributed by atoms with Gasteiger partial charge in [-0.25, -0.2) is 0 Å². The zero-order chi connectivity index (χ0) is 10.1. The van der Waals surface area contributed by atoms with E-state index < -0.39 is 17.4 Å². The van der Waals surface area contributed by atoms with Crippen LogP contribution in [-0.4, -0.2) is 22.5 Å². The molecule has 4 nitrogen and oxygen atoms in total. The van der Waals surface area contributed by atoms with Gasteiger partial charge in [-0.3, -0.25) is 9.59 Å². The first kappa shape index (κ1) is 10.0. The average molecular weight is 185 g/mol. The van der Waals surface area contributed by atoms with Crippen LogP contribution in [0.4, 0.5) is 0 Å². The summed E-state index contributed by atoms with van der Waals surface area (Å²) in [6.45, 7) is 3.22. The quantitative estimate of drug-likeness (QED) is 0.667. The van der Waals surface area contributed by atoms with E-state index in [1.54, 1.807) is 6.92 Å². The summed E-state index contributed by atoms with van der Waals surface area (Å²) < 4.78 is 0. The molecule has 2 N–H and O–H groups in total. The number of hydrogen-bond donors (Lipinski definition) is 2. The monoisotopic (exact) mass is 185 g/mol. The van der Waals surface area contributed by atoms with Gasteiger partial charge < -0.3 is 10.4 Å². The van der Waals surface area contributed by atoms with Crippen molar-refractivity contribution >= 4 is 11.9 Å². The molecule has 0 aromatic rings. The number of carboxylic acids is 1. The summed E-state index contributed by atoms with van der Waals surface area (Å²) in [7, 11) is 0. The van der Waals surface area contributed by atoms with Crippen molar-refractivity contribution in [2.45, 2.75) is 38.6 Å². The maximum atomic E-state index is 10.9. The Balaban J connectivity index is 2.75. The van der Waals surface area contributed by atoms with Crippen LogP contribution in [0.3, 0.4) is 0 Å². The van der Waals surface area contributed by atoms with Crippen LogP contribution in [0.5, 0.6) is 0 Å². The molecule has 1 aliphatic carbocycles. The zero-order valence-corrected chi connectivity index (χ0v) is 7.96. The van der Waals surface area contributed by atoms with Gasteiger partial charge in [0.05, 0.1) is 11.5 Å². The van der Waals surface area contributed by atoms with Gasteiger partial charge in [0.2, 0.25) is 5.91 Å². The van der Waals surface area contributed by atoms with Gasteiger partial charge in [0, 0.05) is 6.92 Å². The third kappa shape index (κ3) is 1.99. The molecule has 1 amide bonds. The number of amides is 1. The van der Waals surface area contributed by atoms with E-state index in [-0.39, 0.29) is 5.91 Å². The van der Waals surface area contributed by atoms with Crippen LogP contribution in [0.1, 0.15) is 33.1 Å². The molecule has 4 heteroatoms. The van der Waals surface area contributed by atoms with Crippen molar-refractivity contribution < 1.29 is 14.7 Å². The van der Waals surface area contributed by atoms with Crippen molar-refractivity contribution in [2.75, 3.05) is 0 Å². The number of rotatable bonds is 2. The Hall–Kier alpha value is -1.06. The zero-order valence-electron chi connectivity index (χ0n) is 7.96. The Morgan fingerprint density at radius 1 is 1.54 bits per heavy atom. The lowest BCUT2D eigenvalue weighted by Crippen LogP contribution is -2.50. The molecule has 0 aromatic carbocycles. The maximum absolute atomic E-state index is 10.9. The highest BCUT2D eigenvalue weighted by atomic mass is 16.4. The number of nitrogens with one attached hydrogen (secondary N) is 1. The van der Waals surface area contributed by atoms with E-state index in [2.05, 4.69) is 5.32 Å². The molecule has 1 aliphatic rings. The van der Waals surface area contributed by atoms with Crippen LogP contribution < -0.4 is 5.32 Å². The fraction of sp³-hybridized carbons (Fsp3) is 0.778. The number of carbonyl (C=O) groups is 2. The molecule has 0 bridgehead atoms. The lowest BCUT2D eigenvalue weighted by atomic mass is 9.89. The molecule has 0 aromatic heterocycles. The van der Waals surface area contributed by atoms with Crippen molar-refractivity contribution in [3.63, 3.8) is 0 Å². The van der Waals surface area contributed by atoms with E-state index in [0.29, 0.717) is 6.42 Å². The second kappa shape index (κ2) is 3.36. The van der Waals surface area contributed by atoms with E-state index in [0.717, 1.165) is 12.8 Å². The summed E-state index contributed by atoms with van der Waals surface area (Å²) in [6.07, 6.45) is 2.28. The van der Waals surface area contributed by atoms with Crippen LogP contribution in [0, 0.1) is 5.92 Å². The van der Waals surface area contributed by atoms with Crippen LogP contribution in [0.15, 0.2) is 0 Å². The Kier molecular flexibility index (Phi) is 2.59. The summed E-state index contributed by atoms with van der Waals surface area (Å²) in [4.78, 5) is 21.7. The third-order valence-electron chi connectivity index (χ3n) is 2.72. The molecule has 2 atom stereocenters. The van der Waals surface area contributed by atoms with Crippen LogP contribution in [0.2, 0.25) is 0 Å². The number of carbonyl (C=O) groups excluding carboxylic acids is 1. The summed E-state index contributed by atoms with van der Waals surface area (Å²) in [5.74, 6) is -1.40. The van der Waals surface area contributed by atoms with Crippen molar-refractivity contribution in [3.05, 3.63) is 0 Å². The maximum Gasteiger partial charge on any atom is 0.308 e. The van der Waals surface area contributed by atoms with Crippen LogP contribution in [-0.2, 0) is 9.59 Å². The topological polar surface area (TPSA) is 66.4 Å².